The standard InChI is InChI=1S/C13H13N3O3/c1-8-5-10(16(2)15-8)13(17)14-9-3-4-11-12(6-9)19-7-18-11/h3-6H,7H2,1-2H3,(H,14,17). The van der Waals surface area contributed by atoms with Gasteiger partial charge in [0, 0.05) is 18.8 Å². The predicted molar refractivity (Wildman–Crippen MR) is 68.5 cm³/mol. The lowest BCUT2D eigenvalue weighted by Crippen LogP contribution is -2.15. The molecule has 1 amide bonds. The number of nitrogens with zero attached hydrogens (tertiary/aromatic N) is 2. The van der Waals surface area contributed by atoms with E-state index in [-0.39, 0.29) is 12.7 Å². The maximum atomic E-state index is 12.1. The Labute approximate surface area is 109 Å². The molecule has 0 saturated carbocycles. The fraction of sp³-hybridized carbons (Fsp3) is 0.231. The van der Waals surface area contributed by atoms with Crippen molar-refractivity contribution >= 4 is 11.6 Å². The number of carbonyl (C=O) groups is 1. The lowest BCUT2D eigenvalue weighted by Gasteiger charge is -2.06. The van der Waals surface area contributed by atoms with Gasteiger partial charge in [-0.3, -0.25) is 9.48 Å². The molecule has 1 aliphatic rings. The highest BCUT2D eigenvalue weighted by Crippen LogP contribution is 2.34. The number of aromatic nitrogens is 2. The van der Waals surface area contributed by atoms with Crippen molar-refractivity contribution in [3.8, 4) is 11.5 Å². The first kappa shape index (κ1) is 11.6. The zero-order chi connectivity index (χ0) is 13.4. The summed E-state index contributed by atoms with van der Waals surface area (Å²) in [4.78, 5) is 12.1. The topological polar surface area (TPSA) is 65.4 Å². The summed E-state index contributed by atoms with van der Waals surface area (Å²) < 4.78 is 12.0. The predicted octanol–water partition coefficient (Wildman–Crippen LogP) is 1.71. The van der Waals surface area contributed by atoms with Crippen LogP contribution in [0.1, 0.15) is 16.2 Å². The number of carbonyl (C=O) groups excluding carboxylic acids is 1. The Morgan fingerprint density at radius 1 is 1.32 bits per heavy atom. The maximum Gasteiger partial charge on any atom is 0.273 e. The number of rotatable bonds is 2. The fourth-order valence-corrected chi connectivity index (χ4v) is 1.99. The first-order chi connectivity index (χ1) is 9.13. The molecular weight excluding hydrogens is 246 g/mol. The van der Waals surface area contributed by atoms with E-state index in [1.807, 2.05) is 6.92 Å². The summed E-state index contributed by atoms with van der Waals surface area (Å²) in [7, 11) is 1.74. The Hall–Kier alpha value is -2.50. The Kier molecular flexibility index (Phi) is 2.63. The van der Waals surface area contributed by atoms with Crippen LogP contribution in [-0.2, 0) is 7.05 Å². The summed E-state index contributed by atoms with van der Waals surface area (Å²) in [6, 6.07) is 7.02. The van der Waals surface area contributed by atoms with Gasteiger partial charge < -0.3 is 14.8 Å². The molecule has 0 aliphatic carbocycles. The van der Waals surface area contributed by atoms with Gasteiger partial charge in [-0.15, -0.1) is 0 Å². The number of fused-ring (bicyclic) bond motifs is 1. The summed E-state index contributed by atoms with van der Waals surface area (Å²) in [6.45, 7) is 2.06. The van der Waals surface area contributed by atoms with Crippen molar-refractivity contribution < 1.29 is 14.3 Å². The Bertz CT molecular complexity index is 649. The number of benzene rings is 1. The molecule has 6 nitrogen and oxygen atoms in total. The van der Waals surface area contributed by atoms with Crippen LogP contribution < -0.4 is 14.8 Å². The number of hydrogen-bond donors (Lipinski definition) is 1. The molecule has 1 aromatic carbocycles. The van der Waals surface area contributed by atoms with Crippen molar-refractivity contribution in [2.45, 2.75) is 6.92 Å². The van der Waals surface area contributed by atoms with Gasteiger partial charge in [0.2, 0.25) is 6.79 Å². The summed E-state index contributed by atoms with van der Waals surface area (Å²) in [5.41, 5.74) is 1.97. The molecule has 3 rings (SSSR count). The second-order valence-electron chi connectivity index (χ2n) is 4.32. The minimum absolute atomic E-state index is 0.207. The van der Waals surface area contributed by atoms with Crippen LogP contribution in [0.3, 0.4) is 0 Å². The molecular formula is C13H13N3O3. The first-order valence-corrected chi connectivity index (χ1v) is 5.85. The zero-order valence-corrected chi connectivity index (χ0v) is 10.6. The van der Waals surface area contributed by atoms with Gasteiger partial charge >= 0.3 is 0 Å². The molecule has 2 heterocycles. The molecule has 0 atom stereocenters. The third-order valence-electron chi connectivity index (χ3n) is 2.87. The normalized spacial score (nSPS) is 12.5. The van der Waals surface area contributed by atoms with E-state index in [4.69, 9.17) is 9.47 Å². The lowest BCUT2D eigenvalue weighted by molar-refractivity contribution is 0.101. The van der Waals surface area contributed by atoms with E-state index in [1.165, 1.54) is 0 Å². The summed E-state index contributed by atoms with van der Waals surface area (Å²) in [5, 5.41) is 6.95. The van der Waals surface area contributed by atoms with Crippen LogP contribution in [0.4, 0.5) is 5.69 Å². The van der Waals surface area contributed by atoms with E-state index in [2.05, 4.69) is 10.4 Å². The minimum atomic E-state index is -0.207. The van der Waals surface area contributed by atoms with Crippen LogP contribution in [0.2, 0.25) is 0 Å². The van der Waals surface area contributed by atoms with E-state index in [9.17, 15) is 4.79 Å². The maximum absolute atomic E-state index is 12.1. The number of amides is 1. The molecule has 0 bridgehead atoms. The molecule has 2 aromatic rings. The number of ether oxygens (including phenoxy) is 2. The van der Waals surface area contributed by atoms with Gasteiger partial charge in [0.25, 0.3) is 5.91 Å². The highest BCUT2D eigenvalue weighted by molar-refractivity contribution is 6.03. The number of anilines is 1. The van der Waals surface area contributed by atoms with Crippen LogP contribution in [0.25, 0.3) is 0 Å². The summed E-state index contributed by atoms with van der Waals surface area (Å²) >= 11 is 0. The minimum Gasteiger partial charge on any atom is -0.454 e. The van der Waals surface area contributed by atoms with Gasteiger partial charge in [0.15, 0.2) is 11.5 Å². The van der Waals surface area contributed by atoms with Crippen LogP contribution >= 0.6 is 0 Å². The second kappa shape index (κ2) is 4.31. The molecule has 19 heavy (non-hydrogen) atoms. The van der Waals surface area contributed by atoms with Crippen molar-refractivity contribution in [2.75, 3.05) is 12.1 Å². The van der Waals surface area contributed by atoms with E-state index in [1.54, 1.807) is 36.0 Å². The Balaban J connectivity index is 1.81. The van der Waals surface area contributed by atoms with Crippen molar-refractivity contribution in [3.63, 3.8) is 0 Å². The smallest absolute Gasteiger partial charge is 0.273 e. The first-order valence-electron chi connectivity index (χ1n) is 5.85. The van der Waals surface area contributed by atoms with Gasteiger partial charge in [0.1, 0.15) is 5.69 Å². The third kappa shape index (κ3) is 2.12. The molecule has 0 saturated heterocycles. The molecule has 0 unspecified atom stereocenters. The Morgan fingerprint density at radius 3 is 2.84 bits per heavy atom. The van der Waals surface area contributed by atoms with E-state index < -0.39 is 0 Å². The second-order valence-corrected chi connectivity index (χ2v) is 4.32. The highest BCUT2D eigenvalue weighted by atomic mass is 16.7. The largest absolute Gasteiger partial charge is 0.454 e. The van der Waals surface area contributed by atoms with E-state index in [0.717, 1.165) is 5.69 Å². The SMILES string of the molecule is Cc1cc(C(=O)Nc2ccc3c(c2)OCO3)n(C)n1. The van der Waals surface area contributed by atoms with E-state index >= 15 is 0 Å². The summed E-state index contributed by atoms with van der Waals surface area (Å²) in [6.07, 6.45) is 0. The van der Waals surface area contributed by atoms with Crippen LogP contribution in [0.15, 0.2) is 24.3 Å². The van der Waals surface area contributed by atoms with Gasteiger partial charge in [-0.25, -0.2) is 0 Å². The zero-order valence-electron chi connectivity index (χ0n) is 10.6. The third-order valence-corrected chi connectivity index (χ3v) is 2.87. The molecule has 0 spiro atoms. The summed E-state index contributed by atoms with van der Waals surface area (Å²) in [5.74, 6) is 1.12. The van der Waals surface area contributed by atoms with Crippen molar-refractivity contribution in [1.29, 1.82) is 0 Å². The monoisotopic (exact) mass is 259 g/mol. The average molecular weight is 259 g/mol. The average Bonchev–Trinajstić information content (AvgIpc) is 2.94. The number of aryl methyl sites for hydroxylation is 2. The van der Waals surface area contributed by atoms with Crippen molar-refractivity contribution in [1.82, 2.24) is 9.78 Å². The molecule has 1 aliphatic heterocycles. The number of hydrogen-bond acceptors (Lipinski definition) is 4. The molecule has 1 aromatic heterocycles. The van der Waals surface area contributed by atoms with Gasteiger partial charge in [-0.1, -0.05) is 0 Å². The molecule has 0 radical (unpaired) electrons. The van der Waals surface area contributed by atoms with Crippen LogP contribution in [-0.4, -0.2) is 22.5 Å². The van der Waals surface area contributed by atoms with Crippen molar-refractivity contribution in [3.05, 3.63) is 35.7 Å². The molecule has 6 heteroatoms. The van der Waals surface area contributed by atoms with Crippen molar-refractivity contribution in [2.24, 2.45) is 7.05 Å². The quantitative estimate of drug-likeness (QED) is 0.891. The van der Waals surface area contributed by atoms with E-state index in [0.29, 0.717) is 22.9 Å². The number of nitrogens with one attached hydrogen (secondary N) is 1. The van der Waals surface area contributed by atoms with Crippen LogP contribution in [0, 0.1) is 6.92 Å². The fourth-order valence-electron chi connectivity index (χ4n) is 1.99. The van der Waals surface area contributed by atoms with Gasteiger partial charge in [-0.2, -0.15) is 5.10 Å². The Morgan fingerprint density at radius 2 is 2.11 bits per heavy atom. The molecule has 98 valence electrons. The molecule has 1 N–H and O–H groups in total. The van der Waals surface area contributed by atoms with Gasteiger partial charge in [-0.05, 0) is 25.1 Å². The lowest BCUT2D eigenvalue weighted by atomic mass is 10.2. The highest BCUT2D eigenvalue weighted by Gasteiger charge is 2.16. The molecule has 0 fully saturated rings. The van der Waals surface area contributed by atoms with Gasteiger partial charge in [0.05, 0.1) is 5.69 Å². The van der Waals surface area contributed by atoms with Crippen LogP contribution in [0.5, 0.6) is 11.5 Å².